The fraction of sp³-hybridized carbons (Fsp3) is 0.474. The van der Waals surface area contributed by atoms with Gasteiger partial charge >= 0.3 is 0 Å². The molecule has 4 rings (SSSR count). The predicted molar refractivity (Wildman–Crippen MR) is 93.0 cm³/mol. The van der Waals surface area contributed by atoms with Crippen LogP contribution in [0.5, 0.6) is 0 Å². The fourth-order valence-electron chi connectivity index (χ4n) is 3.74. The third kappa shape index (κ3) is 3.50. The van der Waals surface area contributed by atoms with E-state index in [9.17, 15) is 9.18 Å². The highest BCUT2D eigenvalue weighted by atomic mass is 19.1. The summed E-state index contributed by atoms with van der Waals surface area (Å²) in [5.74, 6) is -0.339. The lowest BCUT2D eigenvalue weighted by atomic mass is 10.1. The lowest BCUT2D eigenvalue weighted by molar-refractivity contribution is 0.0137. The van der Waals surface area contributed by atoms with Crippen LogP contribution in [0.3, 0.4) is 0 Å². The molecule has 6 heteroatoms. The van der Waals surface area contributed by atoms with Gasteiger partial charge in [0.1, 0.15) is 5.82 Å². The molecule has 0 spiro atoms. The van der Waals surface area contributed by atoms with Gasteiger partial charge in [-0.1, -0.05) is 0 Å². The highest BCUT2D eigenvalue weighted by Crippen LogP contribution is 2.19. The standard InChI is InChI=1S/C19H22FN3O2/c20-16-1-2-18-14(12-16)11-15(13-21-18)19(24)23-7-5-22(6-8-23)17-3-9-25-10-4-17/h1-2,11-13,17H,3-10H2. The monoisotopic (exact) mass is 343 g/mol. The molecule has 0 bridgehead atoms. The molecular formula is C19H22FN3O2. The molecule has 2 aliphatic rings. The smallest absolute Gasteiger partial charge is 0.255 e. The molecule has 0 atom stereocenters. The van der Waals surface area contributed by atoms with Crippen LogP contribution >= 0.6 is 0 Å². The summed E-state index contributed by atoms with van der Waals surface area (Å²) in [6.45, 7) is 4.90. The van der Waals surface area contributed by atoms with Gasteiger partial charge < -0.3 is 9.64 Å². The minimum absolute atomic E-state index is 0.0229. The molecular weight excluding hydrogens is 321 g/mol. The maximum Gasteiger partial charge on any atom is 0.255 e. The molecule has 3 heterocycles. The summed E-state index contributed by atoms with van der Waals surface area (Å²) in [5.41, 5.74) is 1.22. The second-order valence-electron chi connectivity index (χ2n) is 6.73. The van der Waals surface area contributed by atoms with Crippen molar-refractivity contribution >= 4 is 16.8 Å². The summed E-state index contributed by atoms with van der Waals surface area (Å²) in [6, 6.07) is 6.75. The van der Waals surface area contributed by atoms with Gasteiger partial charge in [0.2, 0.25) is 0 Å². The average Bonchev–Trinajstić information content (AvgIpc) is 2.67. The van der Waals surface area contributed by atoms with Gasteiger partial charge in [0, 0.05) is 57.0 Å². The number of hydrogen-bond acceptors (Lipinski definition) is 4. The van der Waals surface area contributed by atoms with Crippen LogP contribution in [0.15, 0.2) is 30.5 Å². The Bertz CT molecular complexity index is 768. The van der Waals surface area contributed by atoms with E-state index in [-0.39, 0.29) is 11.7 Å². The van der Waals surface area contributed by atoms with Crippen molar-refractivity contribution in [2.75, 3.05) is 39.4 Å². The van der Waals surface area contributed by atoms with Crippen LogP contribution in [0.4, 0.5) is 4.39 Å². The quantitative estimate of drug-likeness (QED) is 0.839. The predicted octanol–water partition coefficient (Wildman–Crippen LogP) is 2.31. The molecule has 2 aliphatic heterocycles. The van der Waals surface area contributed by atoms with E-state index >= 15 is 0 Å². The average molecular weight is 343 g/mol. The number of benzene rings is 1. The summed E-state index contributed by atoms with van der Waals surface area (Å²) in [4.78, 5) is 21.4. The number of carbonyl (C=O) groups excluding carboxylic acids is 1. The Morgan fingerprint density at radius 1 is 1.12 bits per heavy atom. The first-order chi connectivity index (χ1) is 12.2. The van der Waals surface area contributed by atoms with E-state index in [2.05, 4.69) is 9.88 Å². The first kappa shape index (κ1) is 16.4. The second-order valence-corrected chi connectivity index (χ2v) is 6.73. The van der Waals surface area contributed by atoms with Crippen molar-refractivity contribution in [3.05, 3.63) is 41.8 Å². The highest BCUT2D eigenvalue weighted by molar-refractivity contribution is 5.97. The van der Waals surface area contributed by atoms with Crippen LogP contribution in [0.25, 0.3) is 10.9 Å². The number of aromatic nitrogens is 1. The molecule has 0 unspecified atom stereocenters. The van der Waals surface area contributed by atoms with Crippen molar-refractivity contribution in [2.45, 2.75) is 18.9 Å². The SMILES string of the molecule is O=C(c1cnc2ccc(F)cc2c1)N1CCN(C2CCOCC2)CC1. The number of nitrogens with zero attached hydrogens (tertiary/aromatic N) is 3. The van der Waals surface area contributed by atoms with E-state index in [0.717, 1.165) is 52.2 Å². The van der Waals surface area contributed by atoms with Crippen molar-refractivity contribution in [1.82, 2.24) is 14.8 Å². The maximum atomic E-state index is 13.4. The van der Waals surface area contributed by atoms with Gasteiger partial charge in [-0.25, -0.2) is 4.39 Å². The van der Waals surface area contributed by atoms with E-state index in [1.165, 1.54) is 12.1 Å². The molecule has 0 saturated carbocycles. The Hall–Kier alpha value is -2.05. The molecule has 1 aromatic carbocycles. The summed E-state index contributed by atoms with van der Waals surface area (Å²) < 4.78 is 18.8. The number of hydrogen-bond donors (Lipinski definition) is 0. The minimum atomic E-state index is -0.316. The molecule has 0 radical (unpaired) electrons. The summed E-state index contributed by atoms with van der Waals surface area (Å²) in [6.07, 6.45) is 3.75. The lowest BCUT2D eigenvalue weighted by Crippen LogP contribution is -2.53. The maximum absolute atomic E-state index is 13.4. The topological polar surface area (TPSA) is 45.7 Å². The van der Waals surface area contributed by atoms with Crippen molar-refractivity contribution < 1.29 is 13.9 Å². The molecule has 0 aliphatic carbocycles. The second kappa shape index (κ2) is 7.06. The Kier molecular flexibility index (Phi) is 4.63. The summed E-state index contributed by atoms with van der Waals surface area (Å²) in [7, 11) is 0. The number of pyridine rings is 1. The molecule has 2 aromatic rings. The first-order valence-electron chi connectivity index (χ1n) is 8.87. The van der Waals surface area contributed by atoms with E-state index in [1.54, 1.807) is 18.3 Å². The van der Waals surface area contributed by atoms with Gasteiger partial charge in [0.05, 0.1) is 11.1 Å². The normalized spacial score (nSPS) is 20.1. The van der Waals surface area contributed by atoms with Gasteiger partial charge in [0.15, 0.2) is 0 Å². The van der Waals surface area contributed by atoms with Gasteiger partial charge in [-0.05, 0) is 37.1 Å². The van der Waals surface area contributed by atoms with Crippen molar-refractivity contribution in [3.63, 3.8) is 0 Å². The van der Waals surface area contributed by atoms with E-state index in [4.69, 9.17) is 4.74 Å². The zero-order chi connectivity index (χ0) is 17.2. The number of ether oxygens (including phenoxy) is 1. The van der Waals surface area contributed by atoms with Crippen LogP contribution in [0.1, 0.15) is 23.2 Å². The van der Waals surface area contributed by atoms with E-state index in [1.807, 2.05) is 4.90 Å². The van der Waals surface area contributed by atoms with Gasteiger partial charge in [-0.2, -0.15) is 0 Å². The molecule has 5 nitrogen and oxygen atoms in total. The number of piperazine rings is 1. The summed E-state index contributed by atoms with van der Waals surface area (Å²) in [5, 5.41) is 0.659. The van der Waals surface area contributed by atoms with Gasteiger partial charge in [-0.15, -0.1) is 0 Å². The van der Waals surface area contributed by atoms with Crippen LogP contribution < -0.4 is 0 Å². The Morgan fingerprint density at radius 2 is 1.88 bits per heavy atom. The molecule has 2 saturated heterocycles. The van der Waals surface area contributed by atoms with Gasteiger partial charge in [-0.3, -0.25) is 14.7 Å². The molecule has 25 heavy (non-hydrogen) atoms. The summed E-state index contributed by atoms with van der Waals surface area (Å²) >= 11 is 0. The molecule has 0 N–H and O–H groups in total. The van der Waals surface area contributed by atoms with Crippen molar-refractivity contribution in [2.24, 2.45) is 0 Å². The third-order valence-electron chi connectivity index (χ3n) is 5.20. The molecule has 2 fully saturated rings. The number of rotatable bonds is 2. The number of halogens is 1. The van der Waals surface area contributed by atoms with Crippen LogP contribution in [0, 0.1) is 5.82 Å². The zero-order valence-corrected chi connectivity index (χ0v) is 14.2. The molecule has 132 valence electrons. The Balaban J connectivity index is 1.43. The van der Waals surface area contributed by atoms with Crippen LogP contribution in [-0.4, -0.2) is 66.1 Å². The lowest BCUT2D eigenvalue weighted by Gasteiger charge is -2.40. The van der Waals surface area contributed by atoms with E-state index in [0.29, 0.717) is 22.5 Å². The van der Waals surface area contributed by atoms with E-state index < -0.39 is 0 Å². The first-order valence-corrected chi connectivity index (χ1v) is 8.87. The van der Waals surface area contributed by atoms with Crippen LogP contribution in [0.2, 0.25) is 0 Å². The number of fused-ring (bicyclic) bond motifs is 1. The minimum Gasteiger partial charge on any atom is -0.381 e. The highest BCUT2D eigenvalue weighted by Gasteiger charge is 2.27. The van der Waals surface area contributed by atoms with Gasteiger partial charge in [0.25, 0.3) is 5.91 Å². The Labute approximate surface area is 146 Å². The van der Waals surface area contributed by atoms with Crippen LogP contribution in [-0.2, 0) is 4.74 Å². The zero-order valence-electron chi connectivity index (χ0n) is 14.2. The molecule has 1 amide bonds. The van der Waals surface area contributed by atoms with Crippen molar-refractivity contribution in [1.29, 1.82) is 0 Å². The fourth-order valence-corrected chi connectivity index (χ4v) is 3.74. The largest absolute Gasteiger partial charge is 0.381 e. The number of amides is 1. The third-order valence-corrected chi connectivity index (χ3v) is 5.20. The Morgan fingerprint density at radius 3 is 2.64 bits per heavy atom. The van der Waals surface area contributed by atoms with Crippen molar-refractivity contribution in [3.8, 4) is 0 Å². The number of carbonyl (C=O) groups is 1. The molecule has 1 aromatic heterocycles.